The lowest BCUT2D eigenvalue weighted by molar-refractivity contribution is 1.14. The number of anilines is 2. The fourth-order valence-corrected chi connectivity index (χ4v) is 1.10. The van der Waals surface area contributed by atoms with Gasteiger partial charge in [0.1, 0.15) is 0 Å². The fraction of sp³-hybridized carbons (Fsp3) is 0.333. The van der Waals surface area contributed by atoms with Crippen LogP contribution in [0.4, 0.5) is 11.4 Å². The van der Waals surface area contributed by atoms with E-state index in [9.17, 15) is 0 Å². The average molecular weight is 150 g/mol. The van der Waals surface area contributed by atoms with Gasteiger partial charge in [0.05, 0.1) is 0 Å². The van der Waals surface area contributed by atoms with Gasteiger partial charge in [-0.05, 0) is 36.6 Å². The molecule has 11 heavy (non-hydrogen) atoms. The zero-order chi connectivity index (χ0) is 8.43. The summed E-state index contributed by atoms with van der Waals surface area (Å²) in [5.41, 5.74) is 15.3. The van der Waals surface area contributed by atoms with Gasteiger partial charge < -0.3 is 11.5 Å². The molecule has 0 bridgehead atoms. The van der Waals surface area contributed by atoms with Crippen molar-refractivity contribution in [1.82, 2.24) is 0 Å². The van der Waals surface area contributed by atoms with Gasteiger partial charge in [-0.25, -0.2) is 0 Å². The number of nitrogen functional groups attached to an aromatic ring is 2. The first-order valence-corrected chi connectivity index (χ1v) is 3.79. The van der Waals surface area contributed by atoms with Crippen molar-refractivity contribution in [3.63, 3.8) is 0 Å². The Kier molecular flexibility index (Phi) is 2.03. The third kappa shape index (κ3) is 1.45. The largest absolute Gasteiger partial charge is 0.399 e. The molecular weight excluding hydrogens is 136 g/mol. The molecule has 2 heteroatoms. The molecule has 60 valence electrons. The van der Waals surface area contributed by atoms with Crippen molar-refractivity contribution in [1.29, 1.82) is 0 Å². The van der Waals surface area contributed by atoms with Crippen LogP contribution in [0.2, 0.25) is 0 Å². The second kappa shape index (κ2) is 2.82. The first-order valence-electron chi connectivity index (χ1n) is 3.79. The van der Waals surface area contributed by atoms with Gasteiger partial charge in [0.25, 0.3) is 0 Å². The van der Waals surface area contributed by atoms with Crippen LogP contribution in [0.25, 0.3) is 0 Å². The van der Waals surface area contributed by atoms with E-state index in [1.54, 1.807) is 0 Å². The van der Waals surface area contributed by atoms with Gasteiger partial charge in [-0.2, -0.15) is 0 Å². The molecule has 4 N–H and O–H groups in total. The van der Waals surface area contributed by atoms with Gasteiger partial charge in [-0.15, -0.1) is 0 Å². The molecule has 0 aromatic heterocycles. The van der Waals surface area contributed by atoms with Gasteiger partial charge in [-0.3, -0.25) is 0 Å². The molecule has 0 saturated heterocycles. The lowest BCUT2D eigenvalue weighted by Gasteiger charge is -2.06. The zero-order valence-corrected chi connectivity index (χ0v) is 7.02. The first-order chi connectivity index (χ1) is 5.15. The zero-order valence-electron chi connectivity index (χ0n) is 7.02. The molecule has 1 aromatic carbocycles. The minimum absolute atomic E-state index is 0.830. The van der Waals surface area contributed by atoms with Gasteiger partial charge in [0, 0.05) is 11.4 Å². The second-order valence-corrected chi connectivity index (χ2v) is 2.76. The minimum Gasteiger partial charge on any atom is -0.399 e. The van der Waals surface area contributed by atoms with Crippen molar-refractivity contribution >= 4 is 11.4 Å². The Labute approximate surface area is 67.2 Å². The van der Waals surface area contributed by atoms with Crippen LogP contribution in [-0.4, -0.2) is 0 Å². The highest BCUT2D eigenvalue weighted by Gasteiger charge is 1.99. The van der Waals surface area contributed by atoms with Gasteiger partial charge in [-0.1, -0.05) is 6.92 Å². The Morgan fingerprint density at radius 1 is 1.18 bits per heavy atom. The predicted octanol–water partition coefficient (Wildman–Crippen LogP) is 1.72. The van der Waals surface area contributed by atoms with Crippen LogP contribution < -0.4 is 11.5 Å². The van der Waals surface area contributed by atoms with E-state index in [0.29, 0.717) is 0 Å². The van der Waals surface area contributed by atoms with Crippen molar-refractivity contribution < 1.29 is 0 Å². The van der Waals surface area contributed by atoms with E-state index in [1.807, 2.05) is 19.1 Å². The molecular formula is C9H14N2. The molecule has 0 saturated carbocycles. The minimum atomic E-state index is 0.830. The van der Waals surface area contributed by atoms with Crippen LogP contribution in [0.1, 0.15) is 18.1 Å². The maximum absolute atomic E-state index is 5.75. The maximum Gasteiger partial charge on any atom is 0.0350 e. The van der Waals surface area contributed by atoms with E-state index < -0.39 is 0 Å². The smallest absolute Gasteiger partial charge is 0.0350 e. The molecule has 1 rings (SSSR count). The quantitative estimate of drug-likeness (QED) is 0.599. The van der Waals surface area contributed by atoms with Crippen molar-refractivity contribution in [3.05, 3.63) is 23.3 Å². The fourth-order valence-electron chi connectivity index (χ4n) is 1.10. The summed E-state index contributed by atoms with van der Waals surface area (Å²) in [6.07, 6.45) is 0.941. The summed E-state index contributed by atoms with van der Waals surface area (Å²) in [7, 11) is 0. The summed E-state index contributed by atoms with van der Waals surface area (Å²) in [6, 6.07) is 3.87. The molecule has 0 radical (unpaired) electrons. The van der Waals surface area contributed by atoms with E-state index in [-0.39, 0.29) is 0 Å². The summed E-state index contributed by atoms with van der Waals surface area (Å²) in [4.78, 5) is 0. The Bertz CT molecular complexity index is 267. The number of nitrogens with two attached hydrogens (primary N) is 2. The van der Waals surface area contributed by atoms with E-state index in [2.05, 4.69) is 6.92 Å². The van der Waals surface area contributed by atoms with Crippen molar-refractivity contribution in [2.45, 2.75) is 20.3 Å². The summed E-state index contributed by atoms with van der Waals surface area (Å²) >= 11 is 0. The normalized spacial score (nSPS) is 10.0. The molecule has 0 amide bonds. The van der Waals surface area contributed by atoms with E-state index in [4.69, 9.17) is 11.5 Å². The van der Waals surface area contributed by atoms with E-state index in [0.717, 1.165) is 28.9 Å². The summed E-state index contributed by atoms with van der Waals surface area (Å²) < 4.78 is 0. The van der Waals surface area contributed by atoms with E-state index in [1.165, 1.54) is 0 Å². The van der Waals surface area contributed by atoms with Crippen LogP contribution >= 0.6 is 0 Å². The van der Waals surface area contributed by atoms with Crippen LogP contribution in [0.15, 0.2) is 12.1 Å². The standard InChI is InChI=1S/C9H14N2/c1-3-7-5-8(10)6(2)4-9(7)11/h4-5H,3,10-11H2,1-2H3. The Balaban J connectivity index is 3.21. The number of hydrogen-bond donors (Lipinski definition) is 2. The summed E-state index contributed by atoms with van der Waals surface area (Å²) in [5.74, 6) is 0. The molecule has 0 atom stereocenters. The molecule has 0 aliphatic rings. The molecule has 0 unspecified atom stereocenters. The van der Waals surface area contributed by atoms with Crippen LogP contribution in [0.3, 0.4) is 0 Å². The van der Waals surface area contributed by atoms with Crippen molar-refractivity contribution in [2.24, 2.45) is 0 Å². The third-order valence-electron chi connectivity index (χ3n) is 1.91. The highest BCUT2D eigenvalue weighted by atomic mass is 14.6. The first kappa shape index (κ1) is 7.92. The molecule has 0 fully saturated rings. The van der Waals surface area contributed by atoms with Gasteiger partial charge in [0.15, 0.2) is 0 Å². The lowest BCUT2D eigenvalue weighted by Crippen LogP contribution is -1.97. The topological polar surface area (TPSA) is 52.0 Å². The van der Waals surface area contributed by atoms with Crippen LogP contribution in [-0.2, 0) is 6.42 Å². The maximum atomic E-state index is 5.75. The van der Waals surface area contributed by atoms with Gasteiger partial charge >= 0.3 is 0 Å². The Morgan fingerprint density at radius 2 is 1.82 bits per heavy atom. The highest BCUT2D eigenvalue weighted by Crippen LogP contribution is 2.20. The Morgan fingerprint density at radius 3 is 2.36 bits per heavy atom. The summed E-state index contributed by atoms with van der Waals surface area (Å²) in [6.45, 7) is 4.03. The number of benzene rings is 1. The predicted molar refractivity (Wildman–Crippen MR) is 49.4 cm³/mol. The van der Waals surface area contributed by atoms with E-state index >= 15 is 0 Å². The third-order valence-corrected chi connectivity index (χ3v) is 1.91. The highest BCUT2D eigenvalue weighted by molar-refractivity contribution is 5.59. The monoisotopic (exact) mass is 150 g/mol. The SMILES string of the molecule is CCc1cc(N)c(C)cc1N. The molecule has 1 aromatic rings. The molecule has 0 aliphatic heterocycles. The second-order valence-electron chi connectivity index (χ2n) is 2.76. The average Bonchev–Trinajstić information content (AvgIpc) is 1.97. The molecule has 0 spiro atoms. The number of hydrogen-bond acceptors (Lipinski definition) is 2. The number of rotatable bonds is 1. The van der Waals surface area contributed by atoms with Crippen LogP contribution in [0, 0.1) is 6.92 Å². The number of aryl methyl sites for hydroxylation is 2. The van der Waals surface area contributed by atoms with Gasteiger partial charge in [0.2, 0.25) is 0 Å². The summed E-state index contributed by atoms with van der Waals surface area (Å²) in [5, 5.41) is 0. The lowest BCUT2D eigenvalue weighted by atomic mass is 10.1. The Hall–Kier alpha value is -1.18. The van der Waals surface area contributed by atoms with Crippen molar-refractivity contribution in [3.8, 4) is 0 Å². The molecule has 2 nitrogen and oxygen atoms in total. The molecule has 0 aliphatic carbocycles. The van der Waals surface area contributed by atoms with Crippen LogP contribution in [0.5, 0.6) is 0 Å². The molecule has 0 heterocycles. The van der Waals surface area contributed by atoms with Crippen molar-refractivity contribution in [2.75, 3.05) is 11.5 Å².